The molecular weight excluding hydrogens is 210 g/mol. The molecule has 1 aliphatic heterocycles. The van der Waals surface area contributed by atoms with E-state index in [4.69, 9.17) is 0 Å². The van der Waals surface area contributed by atoms with Gasteiger partial charge in [0.15, 0.2) is 5.13 Å². The summed E-state index contributed by atoms with van der Waals surface area (Å²) in [5.74, 6) is 0. The van der Waals surface area contributed by atoms with Gasteiger partial charge in [-0.15, -0.1) is 11.3 Å². The van der Waals surface area contributed by atoms with Gasteiger partial charge in [-0.3, -0.25) is 4.90 Å². The lowest BCUT2D eigenvalue weighted by Crippen LogP contribution is -2.20. The summed E-state index contributed by atoms with van der Waals surface area (Å²) in [5.41, 5.74) is 0. The van der Waals surface area contributed by atoms with Crippen molar-refractivity contribution in [3.63, 3.8) is 0 Å². The first-order valence-corrected chi connectivity index (χ1v) is 5.99. The van der Waals surface area contributed by atoms with Crippen LogP contribution in [0.4, 0.5) is 5.13 Å². The molecule has 0 unspecified atom stereocenters. The minimum atomic E-state index is -0.133. The first-order valence-electron chi connectivity index (χ1n) is 5.17. The molecule has 1 aliphatic rings. The Morgan fingerprint density at radius 2 is 2.47 bits per heavy atom. The van der Waals surface area contributed by atoms with Crippen molar-refractivity contribution in [2.75, 3.05) is 32.1 Å². The number of rotatable bonds is 3. The number of anilines is 1. The van der Waals surface area contributed by atoms with Crippen LogP contribution in [0.3, 0.4) is 0 Å². The van der Waals surface area contributed by atoms with Gasteiger partial charge in [0.1, 0.15) is 0 Å². The van der Waals surface area contributed by atoms with Crippen molar-refractivity contribution in [1.82, 2.24) is 9.88 Å². The van der Waals surface area contributed by atoms with Crippen molar-refractivity contribution in [3.05, 3.63) is 11.1 Å². The molecule has 15 heavy (non-hydrogen) atoms. The lowest BCUT2D eigenvalue weighted by molar-refractivity contribution is 0.175. The van der Waals surface area contributed by atoms with Crippen molar-refractivity contribution in [3.8, 4) is 0 Å². The SMILES string of the molecule is CN(C)c1ncc(CN2CC[C@@H](O)C2)s1. The lowest BCUT2D eigenvalue weighted by atomic mass is 10.3. The van der Waals surface area contributed by atoms with Crippen LogP contribution in [0.15, 0.2) is 6.20 Å². The zero-order chi connectivity index (χ0) is 10.8. The predicted octanol–water partition coefficient (Wildman–Crippen LogP) is 0.776. The first kappa shape index (κ1) is 10.9. The molecule has 0 radical (unpaired) electrons. The lowest BCUT2D eigenvalue weighted by Gasteiger charge is -2.12. The molecule has 0 aromatic carbocycles. The van der Waals surface area contributed by atoms with Crippen molar-refractivity contribution in [1.29, 1.82) is 0 Å². The van der Waals surface area contributed by atoms with E-state index >= 15 is 0 Å². The number of hydrogen-bond acceptors (Lipinski definition) is 5. The van der Waals surface area contributed by atoms with Gasteiger partial charge in [0.25, 0.3) is 0 Å². The van der Waals surface area contributed by atoms with Gasteiger partial charge in [-0.1, -0.05) is 0 Å². The second kappa shape index (κ2) is 4.47. The maximum absolute atomic E-state index is 9.41. The van der Waals surface area contributed by atoms with Gasteiger partial charge in [-0.05, 0) is 6.42 Å². The standard InChI is InChI=1S/C10H17N3OS/c1-12(2)10-11-5-9(15-10)7-13-4-3-8(14)6-13/h5,8,14H,3-4,6-7H2,1-2H3/t8-/m1/s1. The normalized spacial score (nSPS) is 22.2. The summed E-state index contributed by atoms with van der Waals surface area (Å²) in [4.78, 5) is 9.90. The van der Waals surface area contributed by atoms with E-state index in [0.717, 1.165) is 31.2 Å². The monoisotopic (exact) mass is 227 g/mol. The van der Waals surface area contributed by atoms with E-state index in [1.54, 1.807) is 11.3 Å². The summed E-state index contributed by atoms with van der Waals surface area (Å²) >= 11 is 1.72. The molecular formula is C10H17N3OS. The van der Waals surface area contributed by atoms with Crippen LogP contribution >= 0.6 is 11.3 Å². The third-order valence-electron chi connectivity index (χ3n) is 2.55. The van der Waals surface area contributed by atoms with Gasteiger partial charge in [0.05, 0.1) is 6.10 Å². The Hall–Kier alpha value is -0.650. The Bertz CT molecular complexity index is 326. The number of aromatic nitrogens is 1. The van der Waals surface area contributed by atoms with Gasteiger partial charge in [0.2, 0.25) is 0 Å². The van der Waals surface area contributed by atoms with E-state index in [-0.39, 0.29) is 6.10 Å². The van der Waals surface area contributed by atoms with Crippen molar-refractivity contribution in [2.24, 2.45) is 0 Å². The van der Waals surface area contributed by atoms with E-state index in [1.807, 2.05) is 25.2 Å². The van der Waals surface area contributed by atoms with Crippen LogP contribution < -0.4 is 4.90 Å². The predicted molar refractivity (Wildman–Crippen MR) is 62.3 cm³/mol. The fraction of sp³-hybridized carbons (Fsp3) is 0.700. The quantitative estimate of drug-likeness (QED) is 0.828. The Morgan fingerprint density at radius 3 is 3.00 bits per heavy atom. The largest absolute Gasteiger partial charge is 0.392 e. The summed E-state index contributed by atoms with van der Waals surface area (Å²) in [7, 11) is 4.00. The zero-order valence-electron chi connectivity index (χ0n) is 9.18. The molecule has 1 fully saturated rings. The van der Waals surface area contributed by atoms with Crippen LogP contribution in [0.5, 0.6) is 0 Å². The van der Waals surface area contributed by atoms with Crippen molar-refractivity contribution < 1.29 is 5.11 Å². The zero-order valence-corrected chi connectivity index (χ0v) is 10.00. The number of likely N-dealkylation sites (tertiary alicyclic amines) is 1. The molecule has 0 amide bonds. The molecule has 1 aromatic rings. The van der Waals surface area contributed by atoms with E-state index < -0.39 is 0 Å². The van der Waals surface area contributed by atoms with E-state index in [0.29, 0.717) is 0 Å². The number of nitrogens with zero attached hydrogens (tertiary/aromatic N) is 3. The van der Waals surface area contributed by atoms with Crippen LogP contribution in [0, 0.1) is 0 Å². The van der Waals surface area contributed by atoms with E-state index in [2.05, 4.69) is 9.88 Å². The number of aliphatic hydroxyl groups excluding tert-OH is 1. The number of thiazole rings is 1. The molecule has 0 bridgehead atoms. The molecule has 5 heteroatoms. The third kappa shape index (κ3) is 2.68. The fourth-order valence-corrected chi connectivity index (χ4v) is 2.63. The number of hydrogen-bond donors (Lipinski definition) is 1. The van der Waals surface area contributed by atoms with Crippen LogP contribution in [-0.2, 0) is 6.54 Å². The van der Waals surface area contributed by atoms with Gasteiger partial charge in [-0.25, -0.2) is 4.98 Å². The summed E-state index contributed by atoms with van der Waals surface area (Å²) < 4.78 is 0. The van der Waals surface area contributed by atoms with Gasteiger partial charge in [-0.2, -0.15) is 0 Å². The van der Waals surface area contributed by atoms with Crippen LogP contribution in [0.1, 0.15) is 11.3 Å². The molecule has 0 spiro atoms. The maximum atomic E-state index is 9.41. The minimum Gasteiger partial charge on any atom is -0.392 e. The topological polar surface area (TPSA) is 39.6 Å². The minimum absolute atomic E-state index is 0.133. The molecule has 4 nitrogen and oxygen atoms in total. The Labute approximate surface area is 94.2 Å². The Balaban J connectivity index is 1.93. The number of β-amino-alcohol motifs (C(OH)–C–C–N with tert-alkyl or cyclic N) is 1. The summed E-state index contributed by atoms with van der Waals surface area (Å²) in [5, 5.41) is 10.5. The average Bonchev–Trinajstić information content (AvgIpc) is 2.76. The van der Waals surface area contributed by atoms with Crippen molar-refractivity contribution in [2.45, 2.75) is 19.1 Å². The second-order valence-electron chi connectivity index (χ2n) is 4.18. The Kier molecular flexibility index (Phi) is 3.23. The highest BCUT2D eigenvalue weighted by Gasteiger charge is 2.20. The summed E-state index contributed by atoms with van der Waals surface area (Å²) in [6.45, 7) is 2.72. The smallest absolute Gasteiger partial charge is 0.185 e. The van der Waals surface area contributed by atoms with Crippen molar-refractivity contribution >= 4 is 16.5 Å². The van der Waals surface area contributed by atoms with Crippen LogP contribution in [-0.4, -0.2) is 48.3 Å². The van der Waals surface area contributed by atoms with Crippen LogP contribution in [0.2, 0.25) is 0 Å². The first-order chi connectivity index (χ1) is 7.15. The molecule has 0 saturated carbocycles. The number of aliphatic hydroxyl groups is 1. The van der Waals surface area contributed by atoms with Crippen LogP contribution in [0.25, 0.3) is 0 Å². The van der Waals surface area contributed by atoms with E-state index in [1.165, 1.54) is 4.88 Å². The molecule has 2 heterocycles. The highest BCUT2D eigenvalue weighted by Crippen LogP contribution is 2.23. The second-order valence-corrected chi connectivity index (χ2v) is 5.27. The average molecular weight is 227 g/mol. The molecule has 84 valence electrons. The highest BCUT2D eigenvalue weighted by atomic mass is 32.1. The fourth-order valence-electron chi connectivity index (χ4n) is 1.75. The maximum Gasteiger partial charge on any atom is 0.185 e. The molecule has 2 rings (SSSR count). The molecule has 0 aliphatic carbocycles. The van der Waals surface area contributed by atoms with Gasteiger partial charge >= 0.3 is 0 Å². The molecule has 1 atom stereocenters. The van der Waals surface area contributed by atoms with Gasteiger partial charge < -0.3 is 10.0 Å². The summed E-state index contributed by atoms with van der Waals surface area (Å²) in [6, 6.07) is 0. The Morgan fingerprint density at radius 1 is 1.67 bits per heavy atom. The summed E-state index contributed by atoms with van der Waals surface area (Å²) in [6.07, 6.45) is 2.70. The third-order valence-corrected chi connectivity index (χ3v) is 3.70. The van der Waals surface area contributed by atoms with E-state index in [9.17, 15) is 5.11 Å². The van der Waals surface area contributed by atoms with Gasteiger partial charge in [0, 0.05) is 44.8 Å². The molecule has 1 N–H and O–H groups in total. The highest BCUT2D eigenvalue weighted by molar-refractivity contribution is 7.15. The molecule has 1 saturated heterocycles. The molecule has 1 aromatic heterocycles.